The van der Waals surface area contributed by atoms with Gasteiger partial charge in [0.15, 0.2) is 0 Å². The molecule has 1 aliphatic rings. The molecular weight excluding hydrogens is 285 g/mol. The molecular formula is C14H15ClFNO3. The van der Waals surface area contributed by atoms with Gasteiger partial charge in [-0.15, -0.1) is 0 Å². The number of carboxylic acids is 1. The van der Waals surface area contributed by atoms with E-state index in [0.29, 0.717) is 13.0 Å². The molecule has 2 rings (SSSR count). The normalized spacial score (nSPS) is 21.7. The van der Waals surface area contributed by atoms with Crippen molar-refractivity contribution in [2.24, 2.45) is 11.8 Å². The number of aliphatic carboxylic acids is 1. The van der Waals surface area contributed by atoms with E-state index in [2.05, 4.69) is 5.32 Å². The molecule has 0 aliphatic heterocycles. The fourth-order valence-electron chi connectivity index (χ4n) is 2.57. The monoisotopic (exact) mass is 299 g/mol. The molecule has 2 N–H and O–H groups in total. The van der Waals surface area contributed by atoms with Crippen molar-refractivity contribution in [3.8, 4) is 0 Å². The average molecular weight is 300 g/mol. The molecule has 1 fully saturated rings. The van der Waals surface area contributed by atoms with Gasteiger partial charge in [-0.2, -0.15) is 0 Å². The topological polar surface area (TPSA) is 66.4 Å². The van der Waals surface area contributed by atoms with Crippen LogP contribution in [-0.2, 0) is 4.79 Å². The molecule has 4 nitrogen and oxygen atoms in total. The second kappa shape index (κ2) is 6.22. The van der Waals surface area contributed by atoms with Crippen LogP contribution in [0.3, 0.4) is 0 Å². The first-order valence-corrected chi connectivity index (χ1v) is 6.83. The summed E-state index contributed by atoms with van der Waals surface area (Å²) < 4.78 is 13.3. The van der Waals surface area contributed by atoms with Crippen molar-refractivity contribution in [1.82, 2.24) is 5.32 Å². The number of carbonyl (C=O) groups excluding carboxylic acids is 1. The molecule has 2 atom stereocenters. The Bertz CT molecular complexity index is 535. The zero-order chi connectivity index (χ0) is 14.7. The van der Waals surface area contributed by atoms with E-state index in [0.717, 1.165) is 18.9 Å². The predicted molar refractivity (Wildman–Crippen MR) is 72.2 cm³/mol. The van der Waals surface area contributed by atoms with Gasteiger partial charge in [-0.3, -0.25) is 9.59 Å². The molecule has 0 heterocycles. The number of hydrogen-bond donors (Lipinski definition) is 2. The molecule has 2 unspecified atom stereocenters. The maximum Gasteiger partial charge on any atom is 0.306 e. The van der Waals surface area contributed by atoms with E-state index in [4.69, 9.17) is 16.7 Å². The SMILES string of the molecule is O=C(NCC1CCCC1C(=O)O)c1ccc(Cl)c(F)c1. The number of hydrogen-bond acceptors (Lipinski definition) is 2. The number of halogens is 2. The molecule has 0 spiro atoms. The Hall–Kier alpha value is -1.62. The van der Waals surface area contributed by atoms with E-state index in [-0.39, 0.29) is 16.5 Å². The van der Waals surface area contributed by atoms with Crippen LogP contribution in [0.4, 0.5) is 4.39 Å². The van der Waals surface area contributed by atoms with Crippen molar-refractivity contribution < 1.29 is 19.1 Å². The van der Waals surface area contributed by atoms with Crippen LogP contribution in [0.2, 0.25) is 5.02 Å². The third-order valence-corrected chi connectivity index (χ3v) is 3.99. The lowest BCUT2D eigenvalue weighted by Crippen LogP contribution is -2.33. The Morgan fingerprint density at radius 1 is 1.40 bits per heavy atom. The van der Waals surface area contributed by atoms with Crippen LogP contribution < -0.4 is 5.32 Å². The first kappa shape index (κ1) is 14.8. The summed E-state index contributed by atoms with van der Waals surface area (Å²) in [6, 6.07) is 3.83. The number of amides is 1. The van der Waals surface area contributed by atoms with Gasteiger partial charge < -0.3 is 10.4 Å². The van der Waals surface area contributed by atoms with Crippen LogP contribution >= 0.6 is 11.6 Å². The second-order valence-corrected chi connectivity index (χ2v) is 5.38. The molecule has 1 amide bonds. The summed E-state index contributed by atoms with van der Waals surface area (Å²) in [4.78, 5) is 22.9. The van der Waals surface area contributed by atoms with Gasteiger partial charge in [0, 0.05) is 12.1 Å². The minimum atomic E-state index is -0.820. The number of carboxylic acid groups (broad SMARTS) is 1. The molecule has 0 bridgehead atoms. The Kier molecular flexibility index (Phi) is 4.60. The zero-order valence-corrected chi connectivity index (χ0v) is 11.5. The van der Waals surface area contributed by atoms with Crippen LogP contribution in [-0.4, -0.2) is 23.5 Å². The molecule has 1 aromatic rings. The largest absolute Gasteiger partial charge is 0.481 e. The summed E-state index contributed by atoms with van der Waals surface area (Å²) in [6.45, 7) is 0.292. The fourth-order valence-corrected chi connectivity index (χ4v) is 2.69. The minimum Gasteiger partial charge on any atom is -0.481 e. The maximum atomic E-state index is 13.3. The van der Waals surface area contributed by atoms with Crippen LogP contribution in [0.5, 0.6) is 0 Å². The maximum absolute atomic E-state index is 13.3. The summed E-state index contributed by atoms with van der Waals surface area (Å²) >= 11 is 5.55. The summed E-state index contributed by atoms with van der Waals surface area (Å²) in [5, 5.41) is 11.7. The molecule has 1 aromatic carbocycles. The van der Waals surface area contributed by atoms with Crippen molar-refractivity contribution in [1.29, 1.82) is 0 Å². The van der Waals surface area contributed by atoms with Gasteiger partial charge in [0.05, 0.1) is 10.9 Å². The van der Waals surface area contributed by atoms with Crippen molar-refractivity contribution in [3.63, 3.8) is 0 Å². The molecule has 1 aliphatic carbocycles. The van der Waals surface area contributed by atoms with Crippen LogP contribution in [0.1, 0.15) is 29.6 Å². The number of benzene rings is 1. The second-order valence-electron chi connectivity index (χ2n) is 4.97. The summed E-state index contributed by atoms with van der Waals surface area (Å²) in [7, 11) is 0. The van der Waals surface area contributed by atoms with Crippen LogP contribution in [0.25, 0.3) is 0 Å². The van der Waals surface area contributed by atoms with Gasteiger partial charge in [0.25, 0.3) is 5.91 Å². The van der Waals surface area contributed by atoms with Crippen molar-refractivity contribution in [2.75, 3.05) is 6.54 Å². The van der Waals surface area contributed by atoms with Gasteiger partial charge >= 0.3 is 5.97 Å². The summed E-state index contributed by atoms with van der Waals surface area (Å²) in [6.07, 6.45) is 2.28. The average Bonchev–Trinajstić information content (AvgIpc) is 2.87. The van der Waals surface area contributed by atoms with Gasteiger partial charge in [-0.1, -0.05) is 18.0 Å². The first-order valence-electron chi connectivity index (χ1n) is 6.45. The van der Waals surface area contributed by atoms with E-state index >= 15 is 0 Å². The summed E-state index contributed by atoms with van der Waals surface area (Å²) in [5.41, 5.74) is 0.178. The Labute approximate surface area is 120 Å². The molecule has 6 heteroatoms. The highest BCUT2D eigenvalue weighted by atomic mass is 35.5. The third-order valence-electron chi connectivity index (χ3n) is 3.68. The highest BCUT2D eigenvalue weighted by Crippen LogP contribution is 2.31. The summed E-state index contributed by atoms with van der Waals surface area (Å²) in [5.74, 6) is -2.36. The van der Waals surface area contributed by atoms with Gasteiger partial charge in [0.2, 0.25) is 0 Å². The van der Waals surface area contributed by atoms with Crippen LogP contribution in [0, 0.1) is 17.7 Å². The third kappa shape index (κ3) is 3.28. The van der Waals surface area contributed by atoms with E-state index < -0.39 is 23.6 Å². The van der Waals surface area contributed by atoms with Crippen LogP contribution in [0.15, 0.2) is 18.2 Å². The highest BCUT2D eigenvalue weighted by Gasteiger charge is 2.32. The minimum absolute atomic E-state index is 0.0386. The molecule has 108 valence electrons. The highest BCUT2D eigenvalue weighted by molar-refractivity contribution is 6.30. The fraction of sp³-hybridized carbons (Fsp3) is 0.429. The van der Waals surface area contributed by atoms with Gasteiger partial charge in [-0.25, -0.2) is 4.39 Å². The standard InChI is InChI=1S/C14H15ClFNO3/c15-11-5-4-8(6-12(11)16)13(18)17-7-9-2-1-3-10(9)14(19)20/h4-6,9-10H,1-3,7H2,(H,17,18)(H,19,20). The van der Waals surface area contributed by atoms with Gasteiger partial charge in [0.1, 0.15) is 5.82 Å². The van der Waals surface area contributed by atoms with Gasteiger partial charge in [-0.05, 0) is 37.0 Å². The zero-order valence-electron chi connectivity index (χ0n) is 10.7. The predicted octanol–water partition coefficient (Wildman–Crippen LogP) is 2.71. The number of nitrogens with one attached hydrogen (secondary N) is 1. The molecule has 0 radical (unpaired) electrons. The Balaban J connectivity index is 1.95. The molecule has 1 saturated carbocycles. The lowest BCUT2D eigenvalue weighted by atomic mass is 9.96. The Morgan fingerprint density at radius 3 is 2.80 bits per heavy atom. The number of rotatable bonds is 4. The van der Waals surface area contributed by atoms with E-state index in [1.54, 1.807) is 0 Å². The lowest BCUT2D eigenvalue weighted by Gasteiger charge is -2.16. The quantitative estimate of drug-likeness (QED) is 0.898. The Morgan fingerprint density at radius 2 is 2.15 bits per heavy atom. The molecule has 0 aromatic heterocycles. The molecule has 20 heavy (non-hydrogen) atoms. The van der Waals surface area contributed by atoms with Crippen molar-refractivity contribution in [2.45, 2.75) is 19.3 Å². The number of carbonyl (C=O) groups is 2. The lowest BCUT2D eigenvalue weighted by molar-refractivity contribution is -0.142. The van der Waals surface area contributed by atoms with E-state index in [1.807, 2.05) is 0 Å². The van der Waals surface area contributed by atoms with E-state index in [9.17, 15) is 14.0 Å². The van der Waals surface area contributed by atoms with E-state index in [1.165, 1.54) is 12.1 Å². The molecule has 0 saturated heterocycles. The first-order chi connectivity index (χ1) is 9.49. The smallest absolute Gasteiger partial charge is 0.306 e. The van der Waals surface area contributed by atoms with Crippen molar-refractivity contribution >= 4 is 23.5 Å². The van der Waals surface area contributed by atoms with Crippen molar-refractivity contribution in [3.05, 3.63) is 34.6 Å².